The van der Waals surface area contributed by atoms with Gasteiger partial charge in [-0.1, -0.05) is 17.7 Å². The number of fused-ring (bicyclic) bond motifs is 2. The molecule has 0 N–H and O–H groups in total. The molecule has 3 nitrogen and oxygen atoms in total. The standard InChI is InChI=1S/C16H10ClN3S2/c17-13-4-3-10(14-11(13)2-1-6-18-14)8-22-16-12-5-7-21-15(12)19-9-20-16/h1-7,9H,8H2. The van der Waals surface area contributed by atoms with Crippen molar-refractivity contribution >= 4 is 55.8 Å². The van der Waals surface area contributed by atoms with Crippen LogP contribution < -0.4 is 0 Å². The molecule has 0 amide bonds. The summed E-state index contributed by atoms with van der Waals surface area (Å²) in [4.78, 5) is 14.2. The van der Waals surface area contributed by atoms with Gasteiger partial charge in [-0.3, -0.25) is 4.98 Å². The zero-order chi connectivity index (χ0) is 14.9. The predicted molar refractivity (Wildman–Crippen MR) is 93.7 cm³/mol. The van der Waals surface area contributed by atoms with Gasteiger partial charge in [0, 0.05) is 27.7 Å². The second-order valence-corrected chi connectivity index (χ2v) is 6.98. The number of rotatable bonds is 3. The van der Waals surface area contributed by atoms with Crippen molar-refractivity contribution in [3.05, 3.63) is 58.8 Å². The lowest BCUT2D eigenvalue weighted by molar-refractivity contribution is 1.11. The van der Waals surface area contributed by atoms with Crippen molar-refractivity contribution in [3.63, 3.8) is 0 Å². The first kappa shape index (κ1) is 13.9. The maximum Gasteiger partial charge on any atom is 0.127 e. The van der Waals surface area contributed by atoms with E-state index in [2.05, 4.69) is 21.0 Å². The van der Waals surface area contributed by atoms with Crippen molar-refractivity contribution in [2.45, 2.75) is 10.8 Å². The molecule has 0 radical (unpaired) electrons. The van der Waals surface area contributed by atoms with E-state index in [4.69, 9.17) is 11.6 Å². The molecule has 4 aromatic rings. The summed E-state index contributed by atoms with van der Waals surface area (Å²) in [7, 11) is 0. The summed E-state index contributed by atoms with van der Waals surface area (Å²) >= 11 is 9.58. The molecule has 4 rings (SSSR count). The van der Waals surface area contributed by atoms with E-state index in [0.717, 1.165) is 42.5 Å². The van der Waals surface area contributed by atoms with Gasteiger partial charge in [-0.15, -0.1) is 23.1 Å². The number of benzene rings is 1. The first-order chi connectivity index (χ1) is 10.8. The Hall–Kier alpha value is -1.69. The third-order valence-electron chi connectivity index (χ3n) is 3.39. The number of hydrogen-bond acceptors (Lipinski definition) is 5. The fourth-order valence-electron chi connectivity index (χ4n) is 2.34. The van der Waals surface area contributed by atoms with E-state index in [1.165, 1.54) is 0 Å². The number of thioether (sulfide) groups is 1. The van der Waals surface area contributed by atoms with Gasteiger partial charge in [0.1, 0.15) is 16.2 Å². The van der Waals surface area contributed by atoms with Gasteiger partial charge in [0.15, 0.2) is 0 Å². The highest BCUT2D eigenvalue weighted by atomic mass is 35.5. The van der Waals surface area contributed by atoms with Crippen LogP contribution in [0.15, 0.2) is 53.3 Å². The van der Waals surface area contributed by atoms with E-state index in [1.807, 2.05) is 29.6 Å². The van der Waals surface area contributed by atoms with Crippen LogP contribution in [0, 0.1) is 0 Å². The molecule has 0 bridgehead atoms. The van der Waals surface area contributed by atoms with Gasteiger partial charge in [-0.2, -0.15) is 0 Å². The monoisotopic (exact) mass is 343 g/mol. The zero-order valence-corrected chi connectivity index (χ0v) is 13.8. The van der Waals surface area contributed by atoms with E-state index < -0.39 is 0 Å². The average Bonchev–Trinajstić information content (AvgIpc) is 3.04. The Morgan fingerprint density at radius 2 is 2.00 bits per heavy atom. The fraction of sp³-hybridized carbons (Fsp3) is 0.0625. The van der Waals surface area contributed by atoms with Gasteiger partial charge in [0.25, 0.3) is 0 Å². The highest BCUT2D eigenvalue weighted by molar-refractivity contribution is 7.98. The van der Waals surface area contributed by atoms with Crippen LogP contribution in [0.4, 0.5) is 0 Å². The van der Waals surface area contributed by atoms with E-state index in [0.29, 0.717) is 0 Å². The fourth-order valence-corrected chi connectivity index (χ4v) is 4.32. The van der Waals surface area contributed by atoms with Crippen LogP contribution >= 0.6 is 34.7 Å². The van der Waals surface area contributed by atoms with Crippen molar-refractivity contribution in [3.8, 4) is 0 Å². The molecule has 108 valence electrons. The lowest BCUT2D eigenvalue weighted by Crippen LogP contribution is -1.89. The van der Waals surface area contributed by atoms with Gasteiger partial charge in [-0.25, -0.2) is 9.97 Å². The Morgan fingerprint density at radius 3 is 2.95 bits per heavy atom. The summed E-state index contributed by atoms with van der Waals surface area (Å²) in [5.41, 5.74) is 2.12. The van der Waals surface area contributed by atoms with Crippen LogP contribution in [-0.4, -0.2) is 15.0 Å². The molecule has 0 aliphatic carbocycles. The lowest BCUT2D eigenvalue weighted by atomic mass is 10.1. The SMILES string of the molecule is Clc1ccc(CSc2ncnc3sccc23)c2ncccc12. The third kappa shape index (κ3) is 2.45. The minimum absolute atomic E-state index is 0.735. The maximum atomic E-state index is 6.24. The molecular weight excluding hydrogens is 334 g/mol. The van der Waals surface area contributed by atoms with Crippen LogP contribution in [0.3, 0.4) is 0 Å². The van der Waals surface area contributed by atoms with Gasteiger partial charge in [0.2, 0.25) is 0 Å². The summed E-state index contributed by atoms with van der Waals surface area (Å²) in [5.74, 6) is 0.798. The van der Waals surface area contributed by atoms with Crippen LogP contribution in [0.1, 0.15) is 5.56 Å². The second kappa shape index (κ2) is 5.83. The van der Waals surface area contributed by atoms with Crippen LogP contribution in [0.25, 0.3) is 21.1 Å². The number of aromatic nitrogens is 3. The minimum Gasteiger partial charge on any atom is -0.256 e. The molecule has 0 saturated heterocycles. The Balaban J connectivity index is 1.70. The Morgan fingerprint density at radius 1 is 1.05 bits per heavy atom. The highest BCUT2D eigenvalue weighted by Gasteiger charge is 2.09. The van der Waals surface area contributed by atoms with Crippen LogP contribution in [0.2, 0.25) is 5.02 Å². The summed E-state index contributed by atoms with van der Waals surface area (Å²) in [6.45, 7) is 0. The quantitative estimate of drug-likeness (QED) is 0.379. The van der Waals surface area contributed by atoms with E-state index >= 15 is 0 Å². The number of halogens is 1. The Kier molecular flexibility index (Phi) is 3.70. The number of thiophene rings is 1. The van der Waals surface area contributed by atoms with Crippen LogP contribution in [-0.2, 0) is 5.75 Å². The molecule has 3 aromatic heterocycles. The maximum absolute atomic E-state index is 6.24. The normalized spacial score (nSPS) is 11.3. The number of nitrogens with zero attached hydrogens (tertiary/aromatic N) is 3. The molecule has 0 aliphatic heterocycles. The molecule has 0 spiro atoms. The third-order valence-corrected chi connectivity index (χ3v) is 5.59. The molecule has 0 unspecified atom stereocenters. The smallest absolute Gasteiger partial charge is 0.127 e. The van der Waals surface area contributed by atoms with Crippen molar-refractivity contribution in [2.75, 3.05) is 0 Å². The lowest BCUT2D eigenvalue weighted by Gasteiger charge is -2.07. The predicted octanol–water partition coefficient (Wildman–Crippen LogP) is 5.19. The van der Waals surface area contributed by atoms with Crippen molar-refractivity contribution < 1.29 is 0 Å². The zero-order valence-electron chi connectivity index (χ0n) is 11.4. The summed E-state index contributed by atoms with van der Waals surface area (Å²) in [6.07, 6.45) is 3.42. The van der Waals surface area contributed by atoms with Crippen molar-refractivity contribution in [1.29, 1.82) is 0 Å². The molecule has 6 heteroatoms. The number of pyridine rings is 1. The van der Waals surface area contributed by atoms with E-state index in [9.17, 15) is 0 Å². The van der Waals surface area contributed by atoms with Crippen LogP contribution in [0.5, 0.6) is 0 Å². The molecule has 0 atom stereocenters. The molecular formula is C16H10ClN3S2. The van der Waals surface area contributed by atoms with Crippen molar-refractivity contribution in [1.82, 2.24) is 15.0 Å². The van der Waals surface area contributed by atoms with E-state index in [1.54, 1.807) is 35.6 Å². The molecule has 22 heavy (non-hydrogen) atoms. The topological polar surface area (TPSA) is 38.7 Å². The highest BCUT2D eigenvalue weighted by Crippen LogP contribution is 2.32. The Labute approximate surface area is 140 Å². The van der Waals surface area contributed by atoms with Crippen molar-refractivity contribution in [2.24, 2.45) is 0 Å². The summed E-state index contributed by atoms with van der Waals surface area (Å²) in [5, 5.41) is 5.89. The van der Waals surface area contributed by atoms with Gasteiger partial charge in [0.05, 0.1) is 5.52 Å². The molecule has 3 heterocycles. The second-order valence-electron chi connectivity index (χ2n) is 4.71. The van der Waals surface area contributed by atoms with Gasteiger partial charge < -0.3 is 0 Å². The first-order valence-corrected chi connectivity index (χ1v) is 8.90. The van der Waals surface area contributed by atoms with Gasteiger partial charge in [-0.05, 0) is 35.2 Å². The largest absolute Gasteiger partial charge is 0.256 e. The molecule has 1 aromatic carbocycles. The van der Waals surface area contributed by atoms with Gasteiger partial charge >= 0.3 is 0 Å². The van der Waals surface area contributed by atoms with E-state index in [-0.39, 0.29) is 0 Å². The molecule has 0 fully saturated rings. The molecule has 0 saturated carbocycles. The Bertz CT molecular complexity index is 968. The average molecular weight is 344 g/mol. The first-order valence-electron chi connectivity index (χ1n) is 6.66. The summed E-state index contributed by atoms with van der Waals surface area (Å²) in [6, 6.07) is 9.95. The molecule has 0 aliphatic rings. The minimum atomic E-state index is 0.735. The summed E-state index contributed by atoms with van der Waals surface area (Å²) < 4.78 is 0. The number of hydrogen-bond donors (Lipinski definition) is 0.